The van der Waals surface area contributed by atoms with Crippen LogP contribution in [0, 0.1) is 11.3 Å². The highest BCUT2D eigenvalue weighted by Gasteiger charge is 2.39. The maximum atomic E-state index is 13.6. The third-order valence-electron chi connectivity index (χ3n) is 6.35. The largest absolute Gasteiger partial charge is 0.350 e. The first-order valence-corrected chi connectivity index (χ1v) is 11.5. The van der Waals surface area contributed by atoms with E-state index in [-0.39, 0.29) is 17.7 Å². The number of benzene rings is 3. The molecule has 0 aliphatic carbocycles. The zero-order valence-corrected chi connectivity index (χ0v) is 18.9. The van der Waals surface area contributed by atoms with E-state index < -0.39 is 12.1 Å². The topological polar surface area (TPSA) is 99.2 Å². The van der Waals surface area contributed by atoms with Crippen LogP contribution in [0.25, 0.3) is 0 Å². The molecule has 0 spiro atoms. The van der Waals surface area contributed by atoms with Crippen LogP contribution in [0.5, 0.6) is 0 Å². The third kappa shape index (κ3) is 5.16. The van der Waals surface area contributed by atoms with Gasteiger partial charge in [0.15, 0.2) is 0 Å². The van der Waals surface area contributed by atoms with Gasteiger partial charge in [-0.25, -0.2) is 0 Å². The van der Waals surface area contributed by atoms with Crippen LogP contribution in [-0.2, 0) is 16.1 Å². The molecule has 0 radical (unpaired) electrons. The fourth-order valence-corrected chi connectivity index (χ4v) is 4.57. The van der Waals surface area contributed by atoms with Crippen molar-refractivity contribution in [1.29, 1.82) is 5.26 Å². The summed E-state index contributed by atoms with van der Waals surface area (Å²) in [6.45, 7) is 0.851. The Morgan fingerprint density at radius 1 is 0.971 bits per heavy atom. The highest BCUT2D eigenvalue weighted by Crippen LogP contribution is 2.30. The van der Waals surface area contributed by atoms with Crippen molar-refractivity contribution in [2.75, 3.05) is 6.54 Å². The molecule has 1 fully saturated rings. The first-order chi connectivity index (χ1) is 16.6. The lowest BCUT2D eigenvalue weighted by molar-refractivity contribution is -0.139. The van der Waals surface area contributed by atoms with E-state index in [0.29, 0.717) is 25.1 Å². The fraction of sp³-hybridized carbons (Fsp3) is 0.250. The van der Waals surface area contributed by atoms with Crippen molar-refractivity contribution in [2.45, 2.75) is 37.4 Å². The number of carbonyl (C=O) groups excluding carboxylic acids is 2. The number of nitriles is 1. The SMILES string of the molecule is N#Cc1ccc(CNC(=O)[C@@H]2CCCN2C(=O)[C@H](N)C(c2ccccc2)c2ccccc2)cc1. The van der Waals surface area contributed by atoms with E-state index in [1.165, 1.54) is 0 Å². The Hall–Kier alpha value is -3.95. The molecule has 2 amide bonds. The van der Waals surface area contributed by atoms with E-state index in [1.54, 1.807) is 17.0 Å². The van der Waals surface area contributed by atoms with Crippen LogP contribution in [0.15, 0.2) is 84.9 Å². The second-order valence-corrected chi connectivity index (χ2v) is 8.54. The molecule has 1 heterocycles. The van der Waals surface area contributed by atoms with Crippen LogP contribution in [-0.4, -0.2) is 35.3 Å². The Bertz CT molecular complexity index is 1120. The molecule has 172 valence electrons. The molecule has 6 heteroatoms. The maximum Gasteiger partial charge on any atom is 0.243 e. The van der Waals surface area contributed by atoms with Gasteiger partial charge in [0.1, 0.15) is 6.04 Å². The van der Waals surface area contributed by atoms with Gasteiger partial charge in [-0.1, -0.05) is 72.8 Å². The van der Waals surface area contributed by atoms with Gasteiger partial charge in [-0.15, -0.1) is 0 Å². The molecule has 3 aromatic rings. The van der Waals surface area contributed by atoms with Crippen molar-refractivity contribution < 1.29 is 9.59 Å². The Balaban J connectivity index is 1.48. The first-order valence-electron chi connectivity index (χ1n) is 11.5. The second kappa shape index (κ2) is 10.8. The minimum atomic E-state index is -0.809. The summed E-state index contributed by atoms with van der Waals surface area (Å²) in [7, 11) is 0. The second-order valence-electron chi connectivity index (χ2n) is 8.54. The molecule has 1 aliphatic heterocycles. The lowest BCUT2D eigenvalue weighted by atomic mass is 9.84. The Morgan fingerprint density at radius 2 is 1.56 bits per heavy atom. The third-order valence-corrected chi connectivity index (χ3v) is 6.35. The molecular formula is C28H28N4O2. The van der Waals surface area contributed by atoms with Crippen LogP contribution in [0.4, 0.5) is 0 Å². The number of likely N-dealkylation sites (tertiary alicyclic amines) is 1. The standard InChI is InChI=1S/C28H28N4O2/c29-18-20-13-15-21(16-14-20)19-31-27(33)24-12-7-17-32(24)28(34)26(30)25(22-8-3-1-4-9-22)23-10-5-2-6-11-23/h1-6,8-11,13-16,24-26H,7,12,17,19,30H2,(H,31,33)/t24-,26+/m0/s1. The zero-order chi connectivity index (χ0) is 23.9. The molecule has 3 aromatic carbocycles. The molecule has 34 heavy (non-hydrogen) atoms. The molecule has 0 bridgehead atoms. The summed E-state index contributed by atoms with van der Waals surface area (Å²) in [6, 6.07) is 27.4. The lowest BCUT2D eigenvalue weighted by Crippen LogP contribution is -2.52. The van der Waals surface area contributed by atoms with Crippen molar-refractivity contribution in [2.24, 2.45) is 5.73 Å². The minimum Gasteiger partial charge on any atom is -0.350 e. The van der Waals surface area contributed by atoms with Gasteiger partial charge in [0, 0.05) is 19.0 Å². The van der Waals surface area contributed by atoms with Crippen molar-refractivity contribution in [1.82, 2.24) is 10.2 Å². The monoisotopic (exact) mass is 452 g/mol. The summed E-state index contributed by atoms with van der Waals surface area (Å²) in [4.78, 5) is 28.2. The van der Waals surface area contributed by atoms with Crippen molar-refractivity contribution in [3.63, 3.8) is 0 Å². The Kier molecular flexibility index (Phi) is 7.36. The van der Waals surface area contributed by atoms with Crippen LogP contribution < -0.4 is 11.1 Å². The van der Waals surface area contributed by atoms with Crippen LogP contribution in [0.3, 0.4) is 0 Å². The van der Waals surface area contributed by atoms with Crippen LogP contribution in [0.1, 0.15) is 41.0 Å². The van der Waals surface area contributed by atoms with Gasteiger partial charge in [0.2, 0.25) is 11.8 Å². The van der Waals surface area contributed by atoms with Crippen molar-refractivity contribution in [3.05, 3.63) is 107 Å². The van der Waals surface area contributed by atoms with Gasteiger partial charge in [0.05, 0.1) is 17.7 Å². The summed E-state index contributed by atoms with van der Waals surface area (Å²) in [6.07, 6.45) is 1.37. The highest BCUT2D eigenvalue weighted by molar-refractivity contribution is 5.91. The van der Waals surface area contributed by atoms with E-state index in [0.717, 1.165) is 23.1 Å². The quantitative estimate of drug-likeness (QED) is 0.574. The smallest absolute Gasteiger partial charge is 0.243 e. The lowest BCUT2D eigenvalue weighted by Gasteiger charge is -2.31. The number of rotatable bonds is 7. The normalized spacial score (nSPS) is 16.1. The Morgan fingerprint density at radius 3 is 2.12 bits per heavy atom. The molecule has 3 N–H and O–H groups in total. The minimum absolute atomic E-state index is 0.182. The predicted molar refractivity (Wildman–Crippen MR) is 130 cm³/mol. The molecule has 0 unspecified atom stereocenters. The molecule has 4 rings (SSSR count). The molecule has 0 saturated carbocycles. The summed E-state index contributed by atoms with van der Waals surface area (Å²) in [5.41, 5.74) is 10.0. The molecule has 1 aliphatic rings. The van der Waals surface area contributed by atoms with Crippen LogP contribution in [0.2, 0.25) is 0 Å². The average Bonchev–Trinajstić information content (AvgIpc) is 3.38. The average molecular weight is 453 g/mol. The van der Waals surface area contributed by atoms with E-state index in [4.69, 9.17) is 11.0 Å². The van der Waals surface area contributed by atoms with Gasteiger partial charge in [0.25, 0.3) is 0 Å². The van der Waals surface area contributed by atoms with E-state index >= 15 is 0 Å². The molecule has 6 nitrogen and oxygen atoms in total. The number of nitrogens with two attached hydrogens (primary N) is 1. The summed E-state index contributed by atoms with van der Waals surface area (Å²) < 4.78 is 0. The molecule has 0 aromatic heterocycles. The van der Waals surface area contributed by atoms with Gasteiger partial charge in [-0.05, 0) is 41.7 Å². The number of nitrogens with one attached hydrogen (secondary N) is 1. The van der Waals surface area contributed by atoms with E-state index in [9.17, 15) is 9.59 Å². The number of carbonyl (C=O) groups is 2. The molecule has 1 saturated heterocycles. The number of hydrogen-bond donors (Lipinski definition) is 2. The van der Waals surface area contributed by atoms with Crippen molar-refractivity contribution in [3.8, 4) is 6.07 Å². The maximum absolute atomic E-state index is 13.6. The van der Waals surface area contributed by atoms with Gasteiger partial charge in [-0.2, -0.15) is 5.26 Å². The van der Waals surface area contributed by atoms with Gasteiger partial charge < -0.3 is 16.0 Å². The molecule has 2 atom stereocenters. The summed E-state index contributed by atoms with van der Waals surface area (Å²) >= 11 is 0. The number of hydrogen-bond acceptors (Lipinski definition) is 4. The van der Waals surface area contributed by atoms with Crippen LogP contribution >= 0.6 is 0 Å². The summed E-state index contributed by atoms with van der Waals surface area (Å²) in [5, 5.41) is 11.9. The first kappa shape index (κ1) is 23.2. The fourth-order valence-electron chi connectivity index (χ4n) is 4.57. The number of nitrogens with zero attached hydrogens (tertiary/aromatic N) is 2. The van der Waals surface area contributed by atoms with E-state index in [1.807, 2.05) is 72.8 Å². The van der Waals surface area contributed by atoms with Gasteiger partial charge >= 0.3 is 0 Å². The predicted octanol–water partition coefficient (Wildman–Crippen LogP) is 3.32. The molecular weight excluding hydrogens is 424 g/mol. The zero-order valence-electron chi connectivity index (χ0n) is 18.9. The van der Waals surface area contributed by atoms with E-state index in [2.05, 4.69) is 11.4 Å². The highest BCUT2D eigenvalue weighted by atomic mass is 16.2. The summed E-state index contributed by atoms with van der Waals surface area (Å²) in [5.74, 6) is -0.704. The number of amides is 2. The van der Waals surface area contributed by atoms with Gasteiger partial charge in [-0.3, -0.25) is 9.59 Å². The Labute approximate surface area is 200 Å². The van der Waals surface area contributed by atoms with Crippen molar-refractivity contribution >= 4 is 11.8 Å².